The summed E-state index contributed by atoms with van der Waals surface area (Å²) < 4.78 is 0. The number of primary amides is 1. The number of benzene rings is 1. The van der Waals surface area contributed by atoms with Gasteiger partial charge in [0.05, 0.1) is 0 Å². The number of rotatable bonds is 16. The number of carbonyl (C=O) groups excluding carboxylic acids is 1. The molecule has 0 saturated heterocycles. The third-order valence-electron chi connectivity index (χ3n) is 4.76. The monoisotopic (exact) mass is 388 g/mol. The molecule has 1 aromatic carbocycles. The third kappa shape index (κ3) is 20.7. The topological polar surface area (TPSA) is 69.1 Å². The van der Waals surface area contributed by atoms with Gasteiger partial charge in [-0.2, -0.15) is 0 Å². The van der Waals surface area contributed by atoms with Gasteiger partial charge in [0, 0.05) is 13.0 Å². The highest BCUT2D eigenvalue weighted by Crippen LogP contribution is 2.09. The molecule has 3 heteroatoms. The lowest BCUT2D eigenvalue weighted by Crippen LogP contribution is -2.09. The molecule has 0 aliphatic heterocycles. The predicted octanol–water partition coefficient (Wildman–Crippen LogP) is 6.65. The highest BCUT2D eigenvalue weighted by molar-refractivity contribution is 5.73. The van der Waals surface area contributed by atoms with Crippen LogP contribution in [0.25, 0.3) is 0 Å². The van der Waals surface area contributed by atoms with Crippen LogP contribution in [0.3, 0.4) is 0 Å². The molecule has 4 N–H and O–H groups in total. The van der Waals surface area contributed by atoms with Crippen molar-refractivity contribution in [1.29, 1.82) is 0 Å². The summed E-state index contributed by atoms with van der Waals surface area (Å²) in [5, 5.41) is 0. The van der Waals surface area contributed by atoms with E-state index >= 15 is 0 Å². The highest BCUT2D eigenvalue weighted by Gasteiger charge is 1.94. The van der Waals surface area contributed by atoms with Crippen molar-refractivity contribution in [3.05, 3.63) is 48.0 Å². The Balaban J connectivity index is 0.000000749. The number of unbranched alkanes of at least 4 members (excludes halogenated alkanes) is 11. The largest absolute Gasteiger partial charge is 0.370 e. The average Bonchev–Trinajstić information content (AvgIpc) is 2.72. The second kappa shape index (κ2) is 21.7. The van der Waals surface area contributed by atoms with Crippen molar-refractivity contribution < 1.29 is 4.79 Å². The Bertz CT molecular complexity index is 471. The first-order chi connectivity index (χ1) is 13.7. The van der Waals surface area contributed by atoms with Crippen molar-refractivity contribution in [1.82, 2.24) is 0 Å². The van der Waals surface area contributed by atoms with Crippen molar-refractivity contribution in [3.8, 4) is 0 Å². The van der Waals surface area contributed by atoms with Crippen LogP contribution >= 0.6 is 0 Å². The Kier molecular flexibility index (Phi) is 20.4. The number of amides is 1. The quantitative estimate of drug-likeness (QED) is 0.246. The van der Waals surface area contributed by atoms with Crippen molar-refractivity contribution in [2.75, 3.05) is 0 Å². The fraction of sp³-hybridized carbons (Fsp3) is 0.640. The first kappa shape index (κ1) is 26.4. The minimum Gasteiger partial charge on any atom is -0.370 e. The van der Waals surface area contributed by atoms with Crippen LogP contribution in [-0.2, 0) is 11.3 Å². The maximum Gasteiger partial charge on any atom is 0.217 e. The number of hydrogen-bond donors (Lipinski definition) is 2. The maximum atomic E-state index is 10.5. The van der Waals surface area contributed by atoms with Crippen molar-refractivity contribution in [2.45, 2.75) is 103 Å². The molecular formula is C25H44N2O. The van der Waals surface area contributed by atoms with Crippen LogP contribution in [0.15, 0.2) is 42.5 Å². The lowest BCUT2D eigenvalue weighted by molar-refractivity contribution is -0.118. The minimum absolute atomic E-state index is 0.164. The van der Waals surface area contributed by atoms with E-state index in [9.17, 15) is 4.79 Å². The summed E-state index contributed by atoms with van der Waals surface area (Å²) in [5.74, 6) is -0.164. The molecule has 0 saturated carbocycles. The van der Waals surface area contributed by atoms with Crippen LogP contribution in [0.4, 0.5) is 0 Å². The van der Waals surface area contributed by atoms with Crippen LogP contribution in [0.2, 0.25) is 0 Å². The number of carbonyl (C=O) groups is 1. The van der Waals surface area contributed by atoms with E-state index in [1.807, 2.05) is 30.3 Å². The van der Waals surface area contributed by atoms with Crippen LogP contribution in [-0.4, -0.2) is 5.91 Å². The van der Waals surface area contributed by atoms with E-state index in [-0.39, 0.29) is 5.91 Å². The second-order valence-corrected chi connectivity index (χ2v) is 7.49. The van der Waals surface area contributed by atoms with E-state index in [4.69, 9.17) is 11.5 Å². The Labute approximate surface area is 174 Å². The summed E-state index contributed by atoms with van der Waals surface area (Å²) in [6, 6.07) is 9.99. The number of nitrogens with two attached hydrogens (primary N) is 2. The van der Waals surface area contributed by atoms with Gasteiger partial charge in [0.2, 0.25) is 5.91 Å². The molecule has 0 atom stereocenters. The fourth-order valence-electron chi connectivity index (χ4n) is 2.98. The van der Waals surface area contributed by atoms with E-state index in [1.165, 1.54) is 76.2 Å². The summed E-state index contributed by atoms with van der Waals surface area (Å²) in [5.41, 5.74) is 11.6. The zero-order chi connectivity index (χ0) is 20.7. The fourth-order valence-corrected chi connectivity index (χ4v) is 2.98. The van der Waals surface area contributed by atoms with Gasteiger partial charge in [0.25, 0.3) is 0 Å². The van der Waals surface area contributed by atoms with Gasteiger partial charge in [-0.1, -0.05) is 101 Å². The molecule has 160 valence electrons. The summed E-state index contributed by atoms with van der Waals surface area (Å²) >= 11 is 0. The van der Waals surface area contributed by atoms with E-state index in [0.29, 0.717) is 13.0 Å². The lowest BCUT2D eigenvalue weighted by atomic mass is 10.1. The minimum atomic E-state index is -0.164. The van der Waals surface area contributed by atoms with Gasteiger partial charge in [-0.25, -0.2) is 0 Å². The Morgan fingerprint density at radius 3 is 1.75 bits per heavy atom. The molecule has 1 rings (SSSR count). The molecule has 0 aliphatic rings. The van der Waals surface area contributed by atoms with Crippen LogP contribution in [0.1, 0.15) is 102 Å². The summed E-state index contributed by atoms with van der Waals surface area (Å²) in [4.78, 5) is 10.5. The number of allylic oxidation sites excluding steroid dienone is 2. The molecule has 0 spiro atoms. The Morgan fingerprint density at radius 2 is 1.29 bits per heavy atom. The Hall–Kier alpha value is -1.61. The molecule has 28 heavy (non-hydrogen) atoms. The maximum absolute atomic E-state index is 10.5. The van der Waals surface area contributed by atoms with Gasteiger partial charge in [-0.3, -0.25) is 4.79 Å². The van der Waals surface area contributed by atoms with Crippen LogP contribution < -0.4 is 11.5 Å². The molecule has 3 nitrogen and oxygen atoms in total. The van der Waals surface area contributed by atoms with E-state index in [0.717, 1.165) is 12.8 Å². The van der Waals surface area contributed by atoms with E-state index in [1.54, 1.807) is 0 Å². The molecular weight excluding hydrogens is 344 g/mol. The predicted molar refractivity (Wildman–Crippen MR) is 123 cm³/mol. The van der Waals surface area contributed by atoms with Gasteiger partial charge in [-0.15, -0.1) is 0 Å². The first-order valence-electron chi connectivity index (χ1n) is 11.4. The normalized spacial score (nSPS) is 10.6. The van der Waals surface area contributed by atoms with Gasteiger partial charge in [0.15, 0.2) is 0 Å². The zero-order valence-corrected chi connectivity index (χ0v) is 18.2. The van der Waals surface area contributed by atoms with Crippen molar-refractivity contribution >= 4 is 5.91 Å². The van der Waals surface area contributed by atoms with Gasteiger partial charge in [0.1, 0.15) is 0 Å². The van der Waals surface area contributed by atoms with Crippen LogP contribution in [0.5, 0.6) is 0 Å². The molecule has 0 aliphatic carbocycles. The third-order valence-corrected chi connectivity index (χ3v) is 4.76. The summed E-state index contributed by atoms with van der Waals surface area (Å²) in [6.07, 6.45) is 21.9. The van der Waals surface area contributed by atoms with Gasteiger partial charge < -0.3 is 11.5 Å². The van der Waals surface area contributed by atoms with E-state index < -0.39 is 0 Å². The van der Waals surface area contributed by atoms with Crippen molar-refractivity contribution in [2.24, 2.45) is 11.5 Å². The molecule has 1 amide bonds. The highest BCUT2D eigenvalue weighted by atomic mass is 16.1. The number of hydrogen-bond acceptors (Lipinski definition) is 2. The SMILES string of the molecule is CCCCCCCCC=CCCCCCCCC(N)=O.NCc1ccccc1. The average molecular weight is 389 g/mol. The van der Waals surface area contributed by atoms with E-state index in [2.05, 4.69) is 19.1 Å². The van der Waals surface area contributed by atoms with Gasteiger partial charge >= 0.3 is 0 Å². The molecule has 0 aromatic heterocycles. The Morgan fingerprint density at radius 1 is 0.786 bits per heavy atom. The molecule has 0 unspecified atom stereocenters. The molecule has 0 bridgehead atoms. The molecule has 0 heterocycles. The van der Waals surface area contributed by atoms with Gasteiger partial charge in [-0.05, 0) is 37.7 Å². The summed E-state index contributed by atoms with van der Waals surface area (Å²) in [6.45, 7) is 2.90. The molecule has 0 fully saturated rings. The summed E-state index contributed by atoms with van der Waals surface area (Å²) in [7, 11) is 0. The van der Waals surface area contributed by atoms with Crippen LogP contribution in [0, 0.1) is 0 Å². The molecule has 1 aromatic rings. The second-order valence-electron chi connectivity index (χ2n) is 7.49. The zero-order valence-electron chi connectivity index (χ0n) is 18.2. The van der Waals surface area contributed by atoms with Crippen molar-refractivity contribution in [3.63, 3.8) is 0 Å². The molecule has 0 radical (unpaired) electrons. The first-order valence-corrected chi connectivity index (χ1v) is 11.4. The smallest absolute Gasteiger partial charge is 0.217 e. The standard InChI is InChI=1S/C18H35NO.C7H9N/c1-2-3-4-5-6-7-8-9-10-11-12-13-14-15-16-17-18(19)20;8-6-7-4-2-1-3-5-7/h9-10H,2-8,11-17H2,1H3,(H2,19,20);1-5H,6,8H2. The lowest BCUT2D eigenvalue weighted by Gasteiger charge is -1.99.